The lowest BCUT2D eigenvalue weighted by atomic mass is 10.0. The molecule has 2 aromatic carbocycles. The van der Waals surface area contributed by atoms with Crippen LogP contribution in [-0.4, -0.2) is 42.1 Å². The molecule has 28 heavy (non-hydrogen) atoms. The van der Waals surface area contributed by atoms with Crippen molar-refractivity contribution in [2.75, 3.05) is 7.11 Å². The molecule has 0 saturated carbocycles. The van der Waals surface area contributed by atoms with Gasteiger partial charge in [-0.3, -0.25) is 9.59 Å². The first-order valence-electron chi connectivity index (χ1n) is 8.86. The lowest BCUT2D eigenvalue weighted by Crippen LogP contribution is -2.53. The average Bonchev–Trinajstić information content (AvgIpc) is 2.68. The van der Waals surface area contributed by atoms with Gasteiger partial charge in [0, 0.05) is 19.8 Å². The Bertz CT molecular complexity index is 805. The summed E-state index contributed by atoms with van der Waals surface area (Å²) in [7, 11) is 1.24. The highest BCUT2D eigenvalue weighted by Crippen LogP contribution is 2.12. The van der Waals surface area contributed by atoms with Crippen molar-refractivity contribution in [3.05, 3.63) is 65.7 Å². The summed E-state index contributed by atoms with van der Waals surface area (Å²) < 4.78 is 4.80. The normalized spacial score (nSPS) is 12.5. The van der Waals surface area contributed by atoms with E-state index in [2.05, 4.69) is 10.6 Å². The summed E-state index contributed by atoms with van der Waals surface area (Å²) in [6.45, 7) is 1.33. The first kappa shape index (κ1) is 21.0. The Labute approximate surface area is 163 Å². The number of carbonyl (C=O) groups is 3. The van der Waals surface area contributed by atoms with E-state index in [0.29, 0.717) is 6.42 Å². The van der Waals surface area contributed by atoms with Crippen LogP contribution in [-0.2, 0) is 32.0 Å². The number of benzene rings is 2. The van der Waals surface area contributed by atoms with Crippen LogP contribution >= 0.6 is 0 Å². The molecule has 2 amide bonds. The summed E-state index contributed by atoms with van der Waals surface area (Å²) in [6, 6.07) is 13.8. The van der Waals surface area contributed by atoms with Crippen molar-refractivity contribution in [3.8, 4) is 5.75 Å². The van der Waals surface area contributed by atoms with E-state index in [-0.39, 0.29) is 18.1 Å². The first-order valence-corrected chi connectivity index (χ1v) is 8.86. The second-order valence-corrected chi connectivity index (χ2v) is 6.40. The van der Waals surface area contributed by atoms with Crippen molar-refractivity contribution in [2.45, 2.75) is 31.8 Å². The Kier molecular flexibility index (Phi) is 7.56. The van der Waals surface area contributed by atoms with E-state index < -0.39 is 24.0 Å². The van der Waals surface area contributed by atoms with E-state index in [1.165, 1.54) is 26.2 Å². The van der Waals surface area contributed by atoms with Crippen molar-refractivity contribution in [2.24, 2.45) is 0 Å². The molecule has 0 aliphatic heterocycles. The third-order valence-corrected chi connectivity index (χ3v) is 4.15. The molecule has 0 radical (unpaired) electrons. The number of hydrogen-bond acceptors (Lipinski definition) is 5. The molecule has 0 aromatic heterocycles. The van der Waals surface area contributed by atoms with Crippen LogP contribution in [0.4, 0.5) is 0 Å². The van der Waals surface area contributed by atoms with Crippen molar-refractivity contribution >= 4 is 17.8 Å². The molecule has 2 atom stereocenters. The predicted octanol–water partition coefficient (Wildman–Crippen LogP) is 1.34. The van der Waals surface area contributed by atoms with Gasteiger partial charge in [-0.05, 0) is 23.3 Å². The van der Waals surface area contributed by atoms with E-state index in [0.717, 1.165) is 11.1 Å². The number of methoxy groups -OCH3 is 1. The number of carbonyl (C=O) groups excluding carboxylic acids is 3. The Morgan fingerprint density at radius 2 is 1.46 bits per heavy atom. The molecular weight excluding hydrogens is 360 g/mol. The van der Waals surface area contributed by atoms with Gasteiger partial charge in [0.15, 0.2) is 0 Å². The summed E-state index contributed by atoms with van der Waals surface area (Å²) in [5.41, 5.74) is 1.62. The van der Waals surface area contributed by atoms with E-state index in [4.69, 9.17) is 4.74 Å². The van der Waals surface area contributed by atoms with Gasteiger partial charge in [-0.2, -0.15) is 0 Å². The standard InChI is InChI=1S/C21H24N2O5/c1-14(24)22-18(12-15-6-4-3-5-7-15)20(26)23-19(21(27)28-2)13-16-8-10-17(25)11-9-16/h3-11,18-19,25H,12-13H2,1-2H3,(H,22,24)(H,23,26). The highest BCUT2D eigenvalue weighted by Gasteiger charge is 2.27. The van der Waals surface area contributed by atoms with Crippen LogP contribution in [0.3, 0.4) is 0 Å². The van der Waals surface area contributed by atoms with E-state index >= 15 is 0 Å². The number of ether oxygens (including phenoxy) is 1. The molecule has 0 saturated heterocycles. The van der Waals surface area contributed by atoms with Gasteiger partial charge in [-0.1, -0.05) is 42.5 Å². The molecule has 2 rings (SSSR count). The monoisotopic (exact) mass is 384 g/mol. The van der Waals surface area contributed by atoms with Gasteiger partial charge < -0.3 is 20.5 Å². The Morgan fingerprint density at radius 1 is 0.893 bits per heavy atom. The third-order valence-electron chi connectivity index (χ3n) is 4.15. The molecule has 0 heterocycles. The van der Waals surface area contributed by atoms with E-state index in [1.54, 1.807) is 12.1 Å². The number of nitrogens with one attached hydrogen (secondary N) is 2. The minimum atomic E-state index is -0.922. The highest BCUT2D eigenvalue weighted by molar-refractivity contribution is 5.90. The van der Waals surface area contributed by atoms with Crippen LogP contribution in [0.1, 0.15) is 18.1 Å². The maximum Gasteiger partial charge on any atom is 0.328 e. The van der Waals surface area contributed by atoms with Gasteiger partial charge >= 0.3 is 5.97 Å². The molecule has 2 unspecified atom stereocenters. The lowest BCUT2D eigenvalue weighted by molar-refractivity contribution is -0.145. The largest absolute Gasteiger partial charge is 0.508 e. The van der Waals surface area contributed by atoms with Crippen LogP contribution in [0.5, 0.6) is 5.75 Å². The molecule has 3 N–H and O–H groups in total. The molecule has 148 valence electrons. The molecular formula is C21H24N2O5. The van der Waals surface area contributed by atoms with E-state index in [9.17, 15) is 19.5 Å². The Morgan fingerprint density at radius 3 is 2.04 bits per heavy atom. The fourth-order valence-electron chi connectivity index (χ4n) is 2.78. The topological polar surface area (TPSA) is 105 Å². The maximum absolute atomic E-state index is 12.8. The Balaban J connectivity index is 2.14. The van der Waals surface area contributed by atoms with Crippen molar-refractivity contribution in [1.82, 2.24) is 10.6 Å². The van der Waals surface area contributed by atoms with Gasteiger partial charge in [-0.15, -0.1) is 0 Å². The zero-order valence-electron chi connectivity index (χ0n) is 15.8. The van der Waals surface area contributed by atoms with Crippen LogP contribution in [0, 0.1) is 0 Å². The van der Waals surface area contributed by atoms with Gasteiger partial charge in [0.1, 0.15) is 17.8 Å². The number of aromatic hydroxyl groups is 1. The zero-order valence-corrected chi connectivity index (χ0v) is 15.8. The average molecular weight is 384 g/mol. The first-order chi connectivity index (χ1) is 13.4. The Hall–Kier alpha value is -3.35. The molecule has 7 nitrogen and oxygen atoms in total. The van der Waals surface area contributed by atoms with Gasteiger partial charge in [0.2, 0.25) is 11.8 Å². The molecule has 0 spiro atoms. The number of esters is 1. The minimum Gasteiger partial charge on any atom is -0.508 e. The fourth-order valence-corrected chi connectivity index (χ4v) is 2.78. The fraction of sp³-hybridized carbons (Fsp3) is 0.286. The third kappa shape index (κ3) is 6.42. The highest BCUT2D eigenvalue weighted by atomic mass is 16.5. The maximum atomic E-state index is 12.8. The smallest absolute Gasteiger partial charge is 0.328 e. The number of rotatable bonds is 8. The number of phenols is 1. The number of phenolic OH excluding ortho intramolecular Hbond substituents is 1. The van der Waals surface area contributed by atoms with Crippen molar-refractivity contribution in [1.29, 1.82) is 0 Å². The predicted molar refractivity (Wildman–Crippen MR) is 104 cm³/mol. The lowest BCUT2D eigenvalue weighted by Gasteiger charge is -2.22. The summed E-state index contributed by atoms with van der Waals surface area (Å²) >= 11 is 0. The van der Waals surface area contributed by atoms with Crippen LogP contribution in [0.2, 0.25) is 0 Å². The molecule has 0 fully saturated rings. The van der Waals surface area contributed by atoms with Crippen LogP contribution < -0.4 is 10.6 Å². The van der Waals surface area contributed by atoms with Crippen molar-refractivity contribution in [3.63, 3.8) is 0 Å². The number of amides is 2. The molecule has 2 aromatic rings. The minimum absolute atomic E-state index is 0.107. The van der Waals surface area contributed by atoms with Crippen LogP contribution in [0.25, 0.3) is 0 Å². The quantitative estimate of drug-likeness (QED) is 0.596. The SMILES string of the molecule is COC(=O)C(Cc1ccc(O)cc1)NC(=O)C(Cc1ccccc1)NC(C)=O. The molecule has 0 aliphatic rings. The van der Waals surface area contributed by atoms with Crippen LogP contribution in [0.15, 0.2) is 54.6 Å². The van der Waals surface area contributed by atoms with Gasteiger partial charge in [-0.25, -0.2) is 4.79 Å². The molecule has 7 heteroatoms. The zero-order chi connectivity index (χ0) is 20.5. The summed E-state index contributed by atoms with van der Waals surface area (Å²) in [4.78, 5) is 36.5. The van der Waals surface area contributed by atoms with Crippen molar-refractivity contribution < 1.29 is 24.2 Å². The van der Waals surface area contributed by atoms with Gasteiger partial charge in [0.25, 0.3) is 0 Å². The second-order valence-electron chi connectivity index (χ2n) is 6.40. The summed E-state index contributed by atoms with van der Waals surface area (Å²) in [5.74, 6) is -1.31. The summed E-state index contributed by atoms with van der Waals surface area (Å²) in [5, 5.41) is 14.7. The molecule has 0 aliphatic carbocycles. The second kappa shape index (κ2) is 10.1. The summed E-state index contributed by atoms with van der Waals surface area (Å²) in [6.07, 6.45) is 0.482. The number of hydrogen-bond donors (Lipinski definition) is 3. The van der Waals surface area contributed by atoms with Gasteiger partial charge in [0.05, 0.1) is 7.11 Å². The molecule has 0 bridgehead atoms. The van der Waals surface area contributed by atoms with E-state index in [1.807, 2.05) is 30.3 Å².